The van der Waals surface area contributed by atoms with Crippen LogP contribution in [-0.2, 0) is 10.9 Å². The van der Waals surface area contributed by atoms with Gasteiger partial charge >= 0.3 is 6.18 Å². The molecule has 2 unspecified atom stereocenters. The molecule has 0 spiro atoms. The van der Waals surface area contributed by atoms with E-state index in [4.69, 9.17) is 4.74 Å². The van der Waals surface area contributed by atoms with E-state index in [1.165, 1.54) is 12.1 Å². The molecule has 3 nitrogen and oxygen atoms in total. The fourth-order valence-electron chi connectivity index (χ4n) is 2.26. The zero-order chi connectivity index (χ0) is 12.8. The summed E-state index contributed by atoms with van der Waals surface area (Å²) >= 11 is 0. The molecular weight excluding hydrogens is 245 g/mol. The standard InChI is InChI=1S/C12H11F3N2O/c13-12(14,15)8-4-2-1-3-7(8)11-17-9-5-16-6-10(9)18-11/h1-4,9-10,16H,5-6H2. The van der Waals surface area contributed by atoms with E-state index in [1.54, 1.807) is 6.07 Å². The third-order valence-electron chi connectivity index (χ3n) is 3.14. The second-order valence-electron chi connectivity index (χ2n) is 4.36. The maximum atomic E-state index is 12.9. The van der Waals surface area contributed by atoms with Crippen LogP contribution in [-0.4, -0.2) is 31.1 Å². The molecule has 96 valence electrons. The topological polar surface area (TPSA) is 33.6 Å². The fourth-order valence-corrected chi connectivity index (χ4v) is 2.26. The number of benzene rings is 1. The summed E-state index contributed by atoms with van der Waals surface area (Å²) < 4.78 is 44.1. The highest BCUT2D eigenvalue weighted by molar-refractivity contribution is 5.97. The van der Waals surface area contributed by atoms with Crippen LogP contribution in [0, 0.1) is 0 Å². The summed E-state index contributed by atoms with van der Waals surface area (Å²) in [5.74, 6) is 0.111. The Balaban J connectivity index is 1.98. The Morgan fingerprint density at radius 3 is 2.72 bits per heavy atom. The minimum atomic E-state index is -4.39. The summed E-state index contributed by atoms with van der Waals surface area (Å²) in [7, 11) is 0. The van der Waals surface area contributed by atoms with E-state index in [9.17, 15) is 13.2 Å². The van der Waals surface area contributed by atoms with Crippen molar-refractivity contribution in [1.29, 1.82) is 0 Å². The molecule has 18 heavy (non-hydrogen) atoms. The maximum absolute atomic E-state index is 12.9. The van der Waals surface area contributed by atoms with Crippen molar-refractivity contribution in [3.8, 4) is 0 Å². The molecule has 3 rings (SSSR count). The first-order valence-electron chi connectivity index (χ1n) is 5.67. The molecular formula is C12H11F3N2O. The molecule has 0 amide bonds. The van der Waals surface area contributed by atoms with Crippen LogP contribution in [0.3, 0.4) is 0 Å². The normalized spacial score (nSPS) is 26.7. The average Bonchev–Trinajstić information content (AvgIpc) is 2.87. The number of halogens is 3. The summed E-state index contributed by atoms with van der Waals surface area (Å²) in [4.78, 5) is 4.23. The summed E-state index contributed by atoms with van der Waals surface area (Å²) in [6.07, 6.45) is -4.53. The Morgan fingerprint density at radius 2 is 2.00 bits per heavy atom. The van der Waals surface area contributed by atoms with Crippen molar-refractivity contribution < 1.29 is 17.9 Å². The van der Waals surface area contributed by atoms with Gasteiger partial charge in [0, 0.05) is 18.7 Å². The SMILES string of the molecule is FC(F)(F)c1ccccc1C1=NC2CNCC2O1. The van der Waals surface area contributed by atoms with Gasteiger partial charge in [-0.05, 0) is 12.1 Å². The van der Waals surface area contributed by atoms with Gasteiger partial charge in [-0.15, -0.1) is 0 Å². The van der Waals surface area contributed by atoms with Gasteiger partial charge in [0.15, 0.2) is 0 Å². The molecule has 0 bridgehead atoms. The smallest absolute Gasteiger partial charge is 0.417 e. The highest BCUT2D eigenvalue weighted by Gasteiger charge is 2.39. The lowest BCUT2D eigenvalue weighted by atomic mass is 10.1. The van der Waals surface area contributed by atoms with Gasteiger partial charge in [0.05, 0.1) is 5.56 Å². The molecule has 1 aromatic carbocycles. The number of nitrogens with one attached hydrogen (secondary N) is 1. The highest BCUT2D eigenvalue weighted by atomic mass is 19.4. The molecule has 0 aliphatic carbocycles. The number of hydrogen-bond acceptors (Lipinski definition) is 3. The number of ether oxygens (including phenoxy) is 1. The molecule has 6 heteroatoms. The van der Waals surface area contributed by atoms with E-state index < -0.39 is 11.7 Å². The van der Waals surface area contributed by atoms with Crippen molar-refractivity contribution >= 4 is 5.90 Å². The predicted octanol–water partition coefficient (Wildman–Crippen LogP) is 1.82. The molecule has 2 aliphatic heterocycles. The van der Waals surface area contributed by atoms with Crippen molar-refractivity contribution in [2.45, 2.75) is 18.3 Å². The number of rotatable bonds is 1. The van der Waals surface area contributed by atoms with Gasteiger partial charge in [-0.2, -0.15) is 13.2 Å². The van der Waals surface area contributed by atoms with Crippen LogP contribution < -0.4 is 5.32 Å². The van der Waals surface area contributed by atoms with Crippen molar-refractivity contribution in [3.63, 3.8) is 0 Å². The van der Waals surface area contributed by atoms with Gasteiger partial charge in [0.1, 0.15) is 12.1 Å². The summed E-state index contributed by atoms with van der Waals surface area (Å²) in [6.45, 7) is 1.29. The van der Waals surface area contributed by atoms with E-state index in [0.29, 0.717) is 13.1 Å². The minimum Gasteiger partial charge on any atom is -0.470 e. The minimum absolute atomic E-state index is 0.0272. The Bertz CT molecular complexity index is 498. The molecule has 1 saturated heterocycles. The van der Waals surface area contributed by atoms with E-state index in [-0.39, 0.29) is 23.6 Å². The fraction of sp³-hybridized carbons (Fsp3) is 0.417. The lowest BCUT2D eigenvalue weighted by molar-refractivity contribution is -0.137. The first-order valence-corrected chi connectivity index (χ1v) is 5.67. The summed E-state index contributed by atoms with van der Waals surface area (Å²) in [6, 6.07) is 5.30. The Morgan fingerprint density at radius 1 is 1.22 bits per heavy atom. The Hall–Kier alpha value is -1.56. The molecule has 0 aromatic heterocycles. The quantitative estimate of drug-likeness (QED) is 0.831. The van der Waals surface area contributed by atoms with Gasteiger partial charge < -0.3 is 10.1 Å². The Labute approximate surface area is 102 Å². The zero-order valence-electron chi connectivity index (χ0n) is 9.37. The van der Waals surface area contributed by atoms with Gasteiger partial charge in [0.2, 0.25) is 5.90 Å². The maximum Gasteiger partial charge on any atom is 0.417 e. The van der Waals surface area contributed by atoms with E-state index >= 15 is 0 Å². The first kappa shape index (κ1) is 11.5. The second kappa shape index (κ2) is 3.98. The molecule has 1 fully saturated rings. The van der Waals surface area contributed by atoms with E-state index in [1.807, 2.05) is 0 Å². The van der Waals surface area contributed by atoms with Crippen LogP contribution in [0.25, 0.3) is 0 Å². The van der Waals surface area contributed by atoms with Gasteiger partial charge in [-0.3, -0.25) is 0 Å². The predicted molar refractivity (Wildman–Crippen MR) is 59.5 cm³/mol. The molecule has 2 heterocycles. The lowest BCUT2D eigenvalue weighted by Crippen LogP contribution is -2.21. The van der Waals surface area contributed by atoms with Crippen molar-refractivity contribution in [1.82, 2.24) is 5.32 Å². The van der Waals surface area contributed by atoms with Gasteiger partial charge in [0.25, 0.3) is 0 Å². The molecule has 2 aliphatic rings. The number of aliphatic imine (C=N–C) groups is 1. The van der Waals surface area contributed by atoms with Crippen LogP contribution in [0.15, 0.2) is 29.3 Å². The van der Waals surface area contributed by atoms with E-state index in [0.717, 1.165) is 6.07 Å². The van der Waals surface area contributed by atoms with Crippen molar-refractivity contribution in [2.75, 3.05) is 13.1 Å². The summed E-state index contributed by atoms with van der Waals surface area (Å²) in [5, 5.41) is 3.09. The molecule has 0 saturated carbocycles. The van der Waals surface area contributed by atoms with Gasteiger partial charge in [-0.25, -0.2) is 4.99 Å². The molecule has 1 aromatic rings. The molecule has 0 radical (unpaired) electrons. The Kier molecular flexibility index (Phi) is 2.55. The average molecular weight is 256 g/mol. The number of alkyl halides is 3. The van der Waals surface area contributed by atoms with Crippen molar-refractivity contribution in [3.05, 3.63) is 35.4 Å². The molecule has 1 N–H and O–H groups in total. The lowest BCUT2D eigenvalue weighted by Gasteiger charge is -2.13. The highest BCUT2D eigenvalue weighted by Crippen LogP contribution is 2.33. The molecule has 2 atom stereocenters. The third kappa shape index (κ3) is 1.86. The third-order valence-corrected chi connectivity index (χ3v) is 3.14. The number of nitrogens with zero attached hydrogens (tertiary/aromatic N) is 1. The van der Waals surface area contributed by atoms with Gasteiger partial charge in [-0.1, -0.05) is 12.1 Å². The van der Waals surface area contributed by atoms with Crippen LogP contribution in [0.2, 0.25) is 0 Å². The zero-order valence-corrected chi connectivity index (χ0v) is 9.37. The van der Waals surface area contributed by atoms with Crippen LogP contribution in [0.5, 0.6) is 0 Å². The van der Waals surface area contributed by atoms with Crippen LogP contribution in [0.1, 0.15) is 11.1 Å². The second-order valence-corrected chi connectivity index (χ2v) is 4.36. The van der Waals surface area contributed by atoms with E-state index in [2.05, 4.69) is 10.3 Å². The monoisotopic (exact) mass is 256 g/mol. The van der Waals surface area contributed by atoms with Crippen LogP contribution in [0.4, 0.5) is 13.2 Å². The summed E-state index contributed by atoms with van der Waals surface area (Å²) in [5.41, 5.74) is -0.670. The van der Waals surface area contributed by atoms with Crippen molar-refractivity contribution in [2.24, 2.45) is 4.99 Å². The largest absolute Gasteiger partial charge is 0.470 e. The number of fused-ring (bicyclic) bond motifs is 1. The van der Waals surface area contributed by atoms with Crippen LogP contribution >= 0.6 is 0 Å². The first-order chi connectivity index (χ1) is 8.55. The number of hydrogen-bond donors (Lipinski definition) is 1.